The highest BCUT2D eigenvalue weighted by Gasteiger charge is 2.13. The molecule has 5 heteroatoms. The van der Waals surface area contributed by atoms with E-state index in [-0.39, 0.29) is 0 Å². The van der Waals surface area contributed by atoms with E-state index in [4.69, 9.17) is 14.7 Å². The molecule has 0 aromatic heterocycles. The van der Waals surface area contributed by atoms with Crippen LogP contribution in [0.15, 0.2) is 17.0 Å². The Balaban J connectivity index is 3.24. The zero-order chi connectivity index (χ0) is 11.3. The Morgan fingerprint density at radius 2 is 1.87 bits per heavy atom. The molecule has 1 aromatic carbocycles. The largest absolute Gasteiger partial charge is 0.496 e. The smallest absolute Gasteiger partial charge is 0.133 e. The quantitative estimate of drug-likeness (QED) is 0.596. The minimum absolute atomic E-state index is 0.330. The second-order valence-corrected chi connectivity index (χ2v) is 3.63. The van der Waals surface area contributed by atoms with Gasteiger partial charge in [0.15, 0.2) is 0 Å². The highest BCUT2D eigenvalue weighted by Crippen LogP contribution is 2.36. The summed E-state index contributed by atoms with van der Waals surface area (Å²) < 4.78 is 10.5. The molecule has 0 spiro atoms. The van der Waals surface area contributed by atoms with E-state index in [0.29, 0.717) is 6.54 Å². The van der Waals surface area contributed by atoms with Gasteiger partial charge in [-0.15, -0.1) is 11.8 Å². The lowest BCUT2D eigenvalue weighted by atomic mass is 10.2. The van der Waals surface area contributed by atoms with Gasteiger partial charge in [-0.2, -0.15) is 0 Å². The number of hydrogen-bond acceptors (Lipinski definition) is 5. The summed E-state index contributed by atoms with van der Waals surface area (Å²) in [6.45, 7) is 0.330. The Morgan fingerprint density at radius 1 is 1.27 bits per heavy atom. The monoisotopic (exact) mass is 229 g/mol. The molecule has 0 radical (unpaired) electrons. The van der Waals surface area contributed by atoms with E-state index in [1.807, 2.05) is 18.4 Å². The van der Waals surface area contributed by atoms with E-state index < -0.39 is 0 Å². The summed E-state index contributed by atoms with van der Waals surface area (Å²) in [6, 6.07) is 3.68. The third-order valence-corrected chi connectivity index (χ3v) is 2.94. The highest BCUT2D eigenvalue weighted by molar-refractivity contribution is 7.98. The van der Waals surface area contributed by atoms with E-state index in [0.717, 1.165) is 22.0 Å². The number of rotatable bonds is 5. The molecule has 15 heavy (non-hydrogen) atoms. The van der Waals surface area contributed by atoms with E-state index in [1.165, 1.54) is 0 Å². The van der Waals surface area contributed by atoms with E-state index in [1.54, 1.807) is 26.0 Å². The van der Waals surface area contributed by atoms with Crippen LogP contribution in [0.1, 0.15) is 5.56 Å². The number of hydroxylamine groups is 1. The molecule has 0 saturated heterocycles. The standard InChI is InChI=1S/C10H15NO3S/c1-13-8-4-5-9(14-2)10(15-3)7(8)6-11-12/h4-5,11-12H,6H2,1-3H3. The Bertz CT molecular complexity index is 331. The maximum atomic E-state index is 8.77. The molecule has 0 fully saturated rings. The third-order valence-electron chi connectivity index (χ3n) is 2.08. The van der Waals surface area contributed by atoms with E-state index in [9.17, 15) is 0 Å². The van der Waals surface area contributed by atoms with Gasteiger partial charge in [-0.25, -0.2) is 5.48 Å². The summed E-state index contributed by atoms with van der Waals surface area (Å²) in [7, 11) is 3.23. The van der Waals surface area contributed by atoms with Gasteiger partial charge in [0, 0.05) is 5.56 Å². The zero-order valence-corrected chi connectivity index (χ0v) is 9.85. The second kappa shape index (κ2) is 5.85. The van der Waals surface area contributed by atoms with E-state index in [2.05, 4.69) is 5.48 Å². The van der Waals surface area contributed by atoms with Gasteiger partial charge in [-0.3, -0.25) is 0 Å². The van der Waals surface area contributed by atoms with Crippen molar-refractivity contribution in [3.05, 3.63) is 17.7 Å². The van der Waals surface area contributed by atoms with Gasteiger partial charge in [0.25, 0.3) is 0 Å². The number of hydrogen-bond donors (Lipinski definition) is 2. The van der Waals surface area contributed by atoms with Crippen molar-refractivity contribution in [1.82, 2.24) is 5.48 Å². The Kier molecular flexibility index (Phi) is 4.74. The summed E-state index contributed by atoms with van der Waals surface area (Å²) >= 11 is 1.56. The summed E-state index contributed by atoms with van der Waals surface area (Å²) in [5, 5.41) is 8.77. The Labute approximate surface area is 93.5 Å². The van der Waals surface area contributed by atoms with Crippen LogP contribution in [0.4, 0.5) is 0 Å². The van der Waals surface area contributed by atoms with Gasteiger partial charge >= 0.3 is 0 Å². The average molecular weight is 229 g/mol. The molecule has 0 saturated carbocycles. The van der Waals surface area contributed by atoms with Crippen LogP contribution in [-0.2, 0) is 6.54 Å². The molecule has 0 bridgehead atoms. The molecule has 0 heterocycles. The molecular formula is C10H15NO3S. The molecule has 84 valence electrons. The van der Waals surface area contributed by atoms with Gasteiger partial charge in [0.05, 0.1) is 25.7 Å². The Hall–Kier alpha value is -0.910. The molecule has 1 rings (SSSR count). The predicted octanol–water partition coefficient (Wildman–Crippen LogP) is 1.90. The number of thioether (sulfide) groups is 1. The van der Waals surface area contributed by atoms with Crippen LogP contribution in [0.5, 0.6) is 11.5 Å². The van der Waals surface area contributed by atoms with Crippen molar-refractivity contribution < 1.29 is 14.7 Å². The van der Waals surface area contributed by atoms with Gasteiger partial charge < -0.3 is 14.7 Å². The number of benzene rings is 1. The first-order chi connectivity index (χ1) is 7.28. The van der Waals surface area contributed by atoms with Crippen molar-refractivity contribution in [1.29, 1.82) is 0 Å². The molecule has 0 atom stereocenters. The summed E-state index contributed by atoms with van der Waals surface area (Å²) in [4.78, 5) is 0.971. The van der Waals surface area contributed by atoms with Gasteiger partial charge in [-0.1, -0.05) is 0 Å². The molecule has 0 aliphatic carbocycles. The van der Waals surface area contributed by atoms with Crippen LogP contribution in [0, 0.1) is 0 Å². The minimum Gasteiger partial charge on any atom is -0.496 e. The second-order valence-electron chi connectivity index (χ2n) is 2.82. The summed E-state index contributed by atoms with van der Waals surface area (Å²) in [5.74, 6) is 1.52. The number of methoxy groups -OCH3 is 2. The molecule has 4 nitrogen and oxygen atoms in total. The zero-order valence-electron chi connectivity index (χ0n) is 9.03. The molecular weight excluding hydrogens is 214 g/mol. The summed E-state index contributed by atoms with van der Waals surface area (Å²) in [5.41, 5.74) is 3.03. The summed E-state index contributed by atoms with van der Waals surface area (Å²) in [6.07, 6.45) is 1.96. The normalized spacial score (nSPS) is 10.1. The van der Waals surface area contributed by atoms with Crippen LogP contribution in [-0.4, -0.2) is 25.7 Å². The van der Waals surface area contributed by atoms with Crippen molar-refractivity contribution in [2.45, 2.75) is 11.4 Å². The number of nitrogens with one attached hydrogen (secondary N) is 1. The fourth-order valence-corrected chi connectivity index (χ4v) is 2.18. The maximum absolute atomic E-state index is 8.77. The van der Waals surface area contributed by atoms with Crippen molar-refractivity contribution in [3.63, 3.8) is 0 Å². The fourth-order valence-electron chi connectivity index (χ4n) is 1.41. The first kappa shape index (κ1) is 12.2. The van der Waals surface area contributed by atoms with Gasteiger partial charge in [-0.05, 0) is 18.4 Å². The third kappa shape index (κ3) is 2.56. The SMILES string of the molecule is COc1ccc(OC)c(SC)c1CNO. The van der Waals surface area contributed by atoms with Crippen LogP contribution in [0.2, 0.25) is 0 Å². The van der Waals surface area contributed by atoms with Crippen molar-refractivity contribution >= 4 is 11.8 Å². The average Bonchev–Trinajstić information content (AvgIpc) is 2.28. The predicted molar refractivity (Wildman–Crippen MR) is 60.0 cm³/mol. The molecule has 0 aliphatic rings. The topological polar surface area (TPSA) is 50.7 Å². The first-order valence-corrected chi connectivity index (χ1v) is 5.65. The number of ether oxygens (including phenoxy) is 2. The first-order valence-electron chi connectivity index (χ1n) is 4.43. The molecule has 0 amide bonds. The molecule has 1 aromatic rings. The lowest BCUT2D eigenvalue weighted by molar-refractivity contribution is 0.159. The van der Waals surface area contributed by atoms with Crippen molar-refractivity contribution in [2.75, 3.05) is 20.5 Å². The maximum Gasteiger partial charge on any atom is 0.133 e. The minimum atomic E-state index is 0.330. The Morgan fingerprint density at radius 3 is 2.33 bits per heavy atom. The van der Waals surface area contributed by atoms with Crippen LogP contribution in [0.25, 0.3) is 0 Å². The van der Waals surface area contributed by atoms with Gasteiger partial charge in [0.2, 0.25) is 0 Å². The molecule has 0 aliphatic heterocycles. The van der Waals surface area contributed by atoms with Crippen LogP contribution < -0.4 is 15.0 Å². The van der Waals surface area contributed by atoms with Gasteiger partial charge in [0.1, 0.15) is 11.5 Å². The lowest BCUT2D eigenvalue weighted by Crippen LogP contribution is -2.09. The molecule has 0 unspecified atom stereocenters. The fraction of sp³-hybridized carbons (Fsp3) is 0.400. The van der Waals surface area contributed by atoms with Crippen molar-refractivity contribution in [2.24, 2.45) is 0 Å². The van der Waals surface area contributed by atoms with Crippen LogP contribution >= 0.6 is 11.8 Å². The lowest BCUT2D eigenvalue weighted by Gasteiger charge is -2.15. The van der Waals surface area contributed by atoms with E-state index >= 15 is 0 Å². The molecule has 2 N–H and O–H groups in total. The van der Waals surface area contributed by atoms with Crippen molar-refractivity contribution in [3.8, 4) is 11.5 Å². The highest BCUT2D eigenvalue weighted by atomic mass is 32.2. The van der Waals surface area contributed by atoms with Crippen LogP contribution in [0.3, 0.4) is 0 Å².